The first-order valence-electron chi connectivity index (χ1n) is 14.0. The molecule has 0 aromatic carbocycles. The van der Waals surface area contributed by atoms with Crippen molar-refractivity contribution >= 4 is 40.5 Å². The Morgan fingerprint density at radius 2 is 1.89 bits per heavy atom. The fourth-order valence-corrected chi connectivity index (χ4v) is 7.63. The third kappa shape index (κ3) is 6.39. The number of piperidine rings is 1. The summed E-state index contributed by atoms with van der Waals surface area (Å²) in [4.78, 5) is 46.1. The van der Waals surface area contributed by atoms with Crippen molar-refractivity contribution in [2.45, 2.75) is 69.6 Å². The molecule has 1 saturated heterocycles. The number of aromatic carboxylic acids is 1. The highest BCUT2D eigenvalue weighted by atomic mass is 32.1. The van der Waals surface area contributed by atoms with E-state index in [0.717, 1.165) is 50.9 Å². The number of halogens is 6. The number of fused-ring (bicyclic) bond motifs is 1. The molecule has 5 heterocycles. The van der Waals surface area contributed by atoms with E-state index in [1.54, 1.807) is 6.92 Å². The molecule has 2 atom stereocenters. The third-order valence-electron chi connectivity index (χ3n) is 7.88. The average molecular weight is 676 g/mol. The minimum atomic E-state index is -4.90. The standard InChI is InChI=1S/C29H27F6N3O5S2/c1-2-5-21-27(43-17-13-22(44-15-17)29(33,34)35,26(42)37-11-7-19-16(14-37)12-20(45-19)25(40)41)8-4-10-38(21)24(39)23-18(28(30,31)32)6-3-9-36-23/h3,6,9,12-13,15,21H,2,4-5,7-8,10-11,14H2,1H3,(H,40,41)/t21-,27+/m1/s1. The summed E-state index contributed by atoms with van der Waals surface area (Å²) in [5.41, 5.74) is -3.46. The van der Waals surface area contributed by atoms with Gasteiger partial charge in [-0.2, -0.15) is 26.3 Å². The number of carboxylic acid groups (broad SMARTS) is 1. The fourth-order valence-electron chi connectivity index (χ4n) is 5.96. The first-order valence-corrected chi connectivity index (χ1v) is 15.7. The van der Waals surface area contributed by atoms with E-state index in [1.165, 1.54) is 11.0 Å². The number of ether oxygens (including phenoxy) is 1. The van der Waals surface area contributed by atoms with Crippen LogP contribution in [0.1, 0.15) is 73.6 Å². The van der Waals surface area contributed by atoms with Gasteiger partial charge in [0, 0.05) is 48.6 Å². The zero-order valence-electron chi connectivity index (χ0n) is 23.7. The highest BCUT2D eigenvalue weighted by Crippen LogP contribution is 2.43. The number of likely N-dealkylation sites (tertiary alicyclic amines) is 1. The van der Waals surface area contributed by atoms with Crippen LogP contribution in [0.3, 0.4) is 0 Å². The molecule has 1 N–H and O–H groups in total. The van der Waals surface area contributed by atoms with Gasteiger partial charge in [0.1, 0.15) is 21.2 Å². The molecule has 1 fully saturated rings. The van der Waals surface area contributed by atoms with Crippen molar-refractivity contribution in [2.24, 2.45) is 0 Å². The van der Waals surface area contributed by atoms with Gasteiger partial charge in [0.15, 0.2) is 0 Å². The summed E-state index contributed by atoms with van der Waals surface area (Å²) in [6.07, 6.45) is -7.70. The number of carbonyl (C=O) groups excluding carboxylic acids is 2. The van der Waals surface area contributed by atoms with Crippen LogP contribution >= 0.6 is 22.7 Å². The molecule has 8 nitrogen and oxygen atoms in total. The van der Waals surface area contributed by atoms with Crippen LogP contribution in [0.2, 0.25) is 0 Å². The van der Waals surface area contributed by atoms with Gasteiger partial charge in [0.05, 0.1) is 11.6 Å². The van der Waals surface area contributed by atoms with Crippen LogP contribution < -0.4 is 4.74 Å². The van der Waals surface area contributed by atoms with Gasteiger partial charge in [-0.3, -0.25) is 14.6 Å². The van der Waals surface area contributed by atoms with Crippen LogP contribution in [-0.2, 0) is 30.1 Å². The van der Waals surface area contributed by atoms with Crippen LogP contribution in [0.25, 0.3) is 0 Å². The Morgan fingerprint density at radius 3 is 2.53 bits per heavy atom. The lowest BCUT2D eigenvalue weighted by molar-refractivity contribution is -0.160. The predicted octanol–water partition coefficient (Wildman–Crippen LogP) is 6.75. The normalized spacial score (nSPS) is 20.6. The van der Waals surface area contributed by atoms with E-state index in [2.05, 4.69) is 4.98 Å². The second-order valence-electron chi connectivity index (χ2n) is 10.8. The van der Waals surface area contributed by atoms with Crippen LogP contribution in [0, 0.1) is 0 Å². The Kier molecular flexibility index (Phi) is 8.92. The van der Waals surface area contributed by atoms with E-state index >= 15 is 0 Å². The molecule has 3 aromatic rings. The monoisotopic (exact) mass is 675 g/mol. The molecule has 0 bridgehead atoms. The maximum absolute atomic E-state index is 14.6. The molecule has 0 saturated carbocycles. The third-order valence-corrected chi connectivity index (χ3v) is 10.1. The maximum Gasteiger partial charge on any atom is 0.425 e. The van der Waals surface area contributed by atoms with Crippen molar-refractivity contribution in [2.75, 3.05) is 13.1 Å². The highest BCUT2D eigenvalue weighted by Gasteiger charge is 2.56. The molecular weight excluding hydrogens is 648 g/mol. The van der Waals surface area contributed by atoms with Crippen molar-refractivity contribution in [3.8, 4) is 5.75 Å². The quantitative estimate of drug-likeness (QED) is 0.279. The molecule has 2 amide bonds. The number of hydrogen-bond acceptors (Lipinski definition) is 7. The van der Waals surface area contributed by atoms with Crippen molar-refractivity contribution < 1.29 is 50.6 Å². The number of amides is 2. The number of carboxylic acids is 1. The minimum Gasteiger partial charge on any atom is -0.477 e. The number of pyridine rings is 1. The first-order chi connectivity index (χ1) is 21.2. The van der Waals surface area contributed by atoms with Gasteiger partial charge in [-0.25, -0.2) is 4.79 Å². The Balaban J connectivity index is 1.58. The fraction of sp³-hybridized carbons (Fsp3) is 0.448. The van der Waals surface area contributed by atoms with Crippen molar-refractivity contribution in [1.29, 1.82) is 0 Å². The van der Waals surface area contributed by atoms with Gasteiger partial charge < -0.3 is 19.6 Å². The molecule has 0 radical (unpaired) electrons. The number of thiophene rings is 2. The van der Waals surface area contributed by atoms with Gasteiger partial charge in [0.2, 0.25) is 5.60 Å². The summed E-state index contributed by atoms with van der Waals surface area (Å²) >= 11 is 1.45. The van der Waals surface area contributed by atoms with Crippen molar-refractivity contribution in [3.05, 3.63) is 67.3 Å². The lowest BCUT2D eigenvalue weighted by Gasteiger charge is -2.50. The zero-order valence-corrected chi connectivity index (χ0v) is 25.3. The van der Waals surface area contributed by atoms with Crippen molar-refractivity contribution in [3.63, 3.8) is 0 Å². The first kappa shape index (κ1) is 32.7. The Bertz CT molecular complexity index is 1600. The van der Waals surface area contributed by atoms with Crippen LogP contribution in [0.5, 0.6) is 5.75 Å². The van der Waals surface area contributed by atoms with E-state index in [1.807, 2.05) is 0 Å². The molecule has 16 heteroatoms. The van der Waals surface area contributed by atoms with Gasteiger partial charge in [-0.05, 0) is 43.0 Å². The number of rotatable bonds is 7. The molecule has 242 valence electrons. The van der Waals surface area contributed by atoms with E-state index in [9.17, 15) is 45.8 Å². The summed E-state index contributed by atoms with van der Waals surface area (Å²) in [7, 11) is 0. The van der Waals surface area contributed by atoms with E-state index in [4.69, 9.17) is 4.74 Å². The van der Waals surface area contributed by atoms with Crippen LogP contribution in [-0.4, -0.2) is 62.4 Å². The number of carbonyl (C=O) groups is 3. The molecule has 0 spiro atoms. The summed E-state index contributed by atoms with van der Waals surface area (Å²) in [5.74, 6) is -3.11. The van der Waals surface area contributed by atoms with Gasteiger partial charge in [-0.1, -0.05) is 13.3 Å². The second kappa shape index (κ2) is 12.3. The molecule has 2 aliphatic heterocycles. The highest BCUT2D eigenvalue weighted by molar-refractivity contribution is 7.14. The SMILES string of the molecule is CCC[C@H]1N(C(=O)c2ncccc2C(F)(F)F)CCC[C@@]1(Oc1csc(C(F)(F)F)c1)C(=O)N1CCc2sc(C(=O)O)cc2C1. The van der Waals surface area contributed by atoms with Gasteiger partial charge >= 0.3 is 18.3 Å². The van der Waals surface area contributed by atoms with E-state index < -0.39 is 57.9 Å². The molecular formula is C29H27F6N3O5S2. The van der Waals surface area contributed by atoms with E-state index in [-0.39, 0.29) is 49.5 Å². The molecule has 3 aromatic heterocycles. The number of hydrogen-bond donors (Lipinski definition) is 1. The molecule has 0 unspecified atom stereocenters. The lowest BCUT2D eigenvalue weighted by atomic mass is 9.79. The number of aromatic nitrogens is 1. The summed E-state index contributed by atoms with van der Waals surface area (Å²) in [6, 6.07) is 2.85. The van der Waals surface area contributed by atoms with Gasteiger partial charge in [0.25, 0.3) is 11.8 Å². The lowest BCUT2D eigenvalue weighted by Crippen LogP contribution is -2.68. The summed E-state index contributed by atoms with van der Waals surface area (Å²) < 4.78 is 88.4. The average Bonchev–Trinajstić information content (AvgIpc) is 3.64. The predicted molar refractivity (Wildman–Crippen MR) is 151 cm³/mol. The topological polar surface area (TPSA) is 100 Å². The van der Waals surface area contributed by atoms with Crippen LogP contribution in [0.4, 0.5) is 26.3 Å². The number of nitrogens with zero attached hydrogens (tertiary/aromatic N) is 3. The number of alkyl halides is 6. The molecule has 0 aliphatic carbocycles. The van der Waals surface area contributed by atoms with Gasteiger partial charge in [-0.15, -0.1) is 22.7 Å². The second-order valence-corrected chi connectivity index (χ2v) is 12.8. The molecule has 5 rings (SSSR count). The molecule has 2 aliphatic rings. The Morgan fingerprint density at radius 1 is 1.13 bits per heavy atom. The summed E-state index contributed by atoms with van der Waals surface area (Å²) in [6.45, 7) is 1.83. The largest absolute Gasteiger partial charge is 0.477 e. The maximum atomic E-state index is 14.6. The zero-order chi connectivity index (χ0) is 32.7. The smallest absolute Gasteiger partial charge is 0.425 e. The summed E-state index contributed by atoms with van der Waals surface area (Å²) in [5, 5.41) is 10.5. The van der Waals surface area contributed by atoms with Crippen LogP contribution in [0.15, 0.2) is 35.8 Å². The Hall–Kier alpha value is -3.66. The van der Waals surface area contributed by atoms with E-state index in [0.29, 0.717) is 29.7 Å². The molecule has 45 heavy (non-hydrogen) atoms. The Labute approximate surface area is 261 Å². The minimum absolute atomic E-state index is 0.00819. The van der Waals surface area contributed by atoms with Crippen molar-refractivity contribution in [1.82, 2.24) is 14.8 Å².